The number of benzene rings is 2. The van der Waals surface area contributed by atoms with Crippen LogP contribution in [-0.4, -0.2) is 47.9 Å². The van der Waals surface area contributed by atoms with Crippen LogP contribution < -0.4 is 14.8 Å². The lowest BCUT2D eigenvalue weighted by Gasteiger charge is -2.29. The van der Waals surface area contributed by atoms with Gasteiger partial charge in [-0.05, 0) is 37.1 Å². The Morgan fingerprint density at radius 2 is 2.00 bits per heavy atom. The summed E-state index contributed by atoms with van der Waals surface area (Å²) in [6, 6.07) is 10.8. The molecule has 0 saturated carbocycles. The standard InChI is InChI=1S/C23H28BrN3O6/c1-4-5-11-25-23(29)16(2)26(14-17-7-6-8-18(24)12-17)22(28)15-33-19-9-10-20(27(30)31)21(13-19)32-3/h6-10,12-13,16H,4-5,11,14-15H2,1-3H3,(H,25,29)/t16-/m1/s1. The fourth-order valence-corrected chi connectivity index (χ4v) is 3.52. The predicted octanol–water partition coefficient (Wildman–Crippen LogP) is 4.08. The molecule has 9 nitrogen and oxygen atoms in total. The monoisotopic (exact) mass is 521 g/mol. The summed E-state index contributed by atoms with van der Waals surface area (Å²) >= 11 is 3.42. The van der Waals surface area contributed by atoms with Gasteiger partial charge in [-0.25, -0.2) is 0 Å². The first-order chi connectivity index (χ1) is 15.8. The highest BCUT2D eigenvalue weighted by Gasteiger charge is 2.26. The Labute approximate surface area is 201 Å². The maximum Gasteiger partial charge on any atom is 0.311 e. The number of halogens is 1. The summed E-state index contributed by atoms with van der Waals surface area (Å²) in [7, 11) is 1.32. The maximum atomic E-state index is 13.1. The lowest BCUT2D eigenvalue weighted by atomic mass is 10.1. The number of hydrogen-bond donors (Lipinski definition) is 1. The quantitative estimate of drug-likeness (QED) is 0.256. The summed E-state index contributed by atoms with van der Waals surface area (Å²) in [5, 5.41) is 13.9. The minimum absolute atomic E-state index is 0.0274. The third-order valence-corrected chi connectivity index (χ3v) is 5.44. The number of carbonyl (C=O) groups is 2. The van der Waals surface area contributed by atoms with E-state index in [1.165, 1.54) is 30.2 Å². The number of methoxy groups -OCH3 is 1. The van der Waals surface area contributed by atoms with Gasteiger partial charge in [-0.1, -0.05) is 41.4 Å². The van der Waals surface area contributed by atoms with Crippen molar-refractivity contribution in [3.8, 4) is 11.5 Å². The molecule has 0 aliphatic heterocycles. The molecule has 10 heteroatoms. The number of rotatable bonds is 12. The van der Waals surface area contributed by atoms with E-state index in [4.69, 9.17) is 9.47 Å². The Balaban J connectivity index is 2.16. The highest BCUT2D eigenvalue weighted by Crippen LogP contribution is 2.30. The van der Waals surface area contributed by atoms with Crippen LogP contribution >= 0.6 is 15.9 Å². The SMILES string of the molecule is CCCCNC(=O)[C@@H](C)N(Cc1cccc(Br)c1)C(=O)COc1ccc([N+](=O)[O-])c(OC)c1. The predicted molar refractivity (Wildman–Crippen MR) is 127 cm³/mol. The second kappa shape index (κ2) is 12.8. The van der Waals surface area contributed by atoms with Gasteiger partial charge >= 0.3 is 5.69 Å². The van der Waals surface area contributed by atoms with Crippen molar-refractivity contribution in [1.29, 1.82) is 0 Å². The molecule has 178 valence electrons. The van der Waals surface area contributed by atoms with E-state index < -0.39 is 16.9 Å². The minimum atomic E-state index is -0.719. The molecule has 0 saturated heterocycles. The number of ether oxygens (including phenoxy) is 2. The third-order valence-electron chi connectivity index (χ3n) is 4.95. The second-order valence-electron chi connectivity index (χ2n) is 7.35. The van der Waals surface area contributed by atoms with Gasteiger partial charge in [-0.15, -0.1) is 0 Å². The van der Waals surface area contributed by atoms with Gasteiger partial charge in [0.15, 0.2) is 6.61 Å². The molecule has 0 spiro atoms. The number of nitro groups is 1. The summed E-state index contributed by atoms with van der Waals surface area (Å²) in [4.78, 5) is 37.7. The van der Waals surface area contributed by atoms with Crippen LogP contribution in [0, 0.1) is 10.1 Å². The van der Waals surface area contributed by atoms with E-state index in [0.29, 0.717) is 6.54 Å². The lowest BCUT2D eigenvalue weighted by Crippen LogP contribution is -2.49. The van der Waals surface area contributed by atoms with Crippen molar-refractivity contribution < 1.29 is 24.0 Å². The molecule has 0 radical (unpaired) electrons. The molecule has 0 heterocycles. The van der Waals surface area contributed by atoms with Gasteiger partial charge in [-0.3, -0.25) is 19.7 Å². The first-order valence-electron chi connectivity index (χ1n) is 10.5. The molecule has 2 amide bonds. The van der Waals surface area contributed by atoms with Crippen LogP contribution in [0.3, 0.4) is 0 Å². The molecular weight excluding hydrogens is 494 g/mol. The summed E-state index contributed by atoms with van der Waals surface area (Å²) in [6.07, 6.45) is 1.80. The van der Waals surface area contributed by atoms with E-state index in [9.17, 15) is 19.7 Å². The minimum Gasteiger partial charge on any atom is -0.490 e. The maximum absolute atomic E-state index is 13.1. The molecule has 0 unspecified atom stereocenters. The zero-order valence-electron chi connectivity index (χ0n) is 18.9. The molecule has 2 rings (SSSR count). The third kappa shape index (κ3) is 7.74. The van der Waals surface area contributed by atoms with Crippen LogP contribution in [-0.2, 0) is 16.1 Å². The van der Waals surface area contributed by atoms with E-state index in [2.05, 4.69) is 21.2 Å². The summed E-state index contributed by atoms with van der Waals surface area (Å²) in [6.45, 7) is 4.11. The van der Waals surface area contributed by atoms with Crippen molar-refractivity contribution in [1.82, 2.24) is 10.2 Å². The molecule has 0 aromatic heterocycles. The number of hydrogen-bond acceptors (Lipinski definition) is 6. The largest absolute Gasteiger partial charge is 0.490 e. The highest BCUT2D eigenvalue weighted by molar-refractivity contribution is 9.10. The average Bonchev–Trinajstić information content (AvgIpc) is 2.80. The van der Waals surface area contributed by atoms with Crippen LogP contribution in [0.2, 0.25) is 0 Å². The van der Waals surface area contributed by atoms with Crippen LogP contribution in [0.1, 0.15) is 32.3 Å². The Bertz CT molecular complexity index is 984. The van der Waals surface area contributed by atoms with Gasteiger partial charge in [0.2, 0.25) is 11.7 Å². The van der Waals surface area contributed by atoms with Crippen LogP contribution in [0.5, 0.6) is 11.5 Å². The molecular formula is C23H28BrN3O6. The van der Waals surface area contributed by atoms with Crippen molar-refractivity contribution in [2.75, 3.05) is 20.3 Å². The summed E-state index contributed by atoms with van der Waals surface area (Å²) < 4.78 is 11.5. The highest BCUT2D eigenvalue weighted by atomic mass is 79.9. The number of nitrogens with one attached hydrogen (secondary N) is 1. The van der Waals surface area contributed by atoms with E-state index in [-0.39, 0.29) is 36.2 Å². The average molecular weight is 522 g/mol. The molecule has 0 bridgehead atoms. The van der Waals surface area contributed by atoms with Gasteiger partial charge in [0.25, 0.3) is 5.91 Å². The first-order valence-corrected chi connectivity index (χ1v) is 11.3. The van der Waals surface area contributed by atoms with E-state index in [1.807, 2.05) is 31.2 Å². The molecule has 0 fully saturated rings. The first kappa shape index (κ1) is 26.1. The Kier molecular flexibility index (Phi) is 10.1. The summed E-state index contributed by atoms with van der Waals surface area (Å²) in [5.74, 6) is -0.373. The van der Waals surface area contributed by atoms with Crippen molar-refractivity contribution in [2.24, 2.45) is 0 Å². The van der Waals surface area contributed by atoms with Gasteiger partial charge in [0.1, 0.15) is 11.8 Å². The molecule has 2 aromatic rings. The molecule has 0 aliphatic rings. The Morgan fingerprint density at radius 1 is 1.24 bits per heavy atom. The van der Waals surface area contributed by atoms with Crippen molar-refractivity contribution in [2.45, 2.75) is 39.3 Å². The molecule has 0 aliphatic carbocycles. The van der Waals surface area contributed by atoms with Crippen molar-refractivity contribution in [3.05, 3.63) is 62.6 Å². The number of nitro benzene ring substituents is 1. The Morgan fingerprint density at radius 3 is 2.64 bits per heavy atom. The van der Waals surface area contributed by atoms with E-state index in [1.54, 1.807) is 6.92 Å². The smallest absolute Gasteiger partial charge is 0.311 e. The van der Waals surface area contributed by atoms with Gasteiger partial charge in [-0.2, -0.15) is 0 Å². The molecule has 33 heavy (non-hydrogen) atoms. The lowest BCUT2D eigenvalue weighted by molar-refractivity contribution is -0.385. The zero-order valence-corrected chi connectivity index (χ0v) is 20.5. The number of unbranched alkanes of at least 4 members (excludes halogenated alkanes) is 1. The van der Waals surface area contributed by atoms with Crippen LogP contribution in [0.25, 0.3) is 0 Å². The van der Waals surface area contributed by atoms with Crippen LogP contribution in [0.15, 0.2) is 46.9 Å². The normalized spacial score (nSPS) is 11.4. The summed E-state index contributed by atoms with van der Waals surface area (Å²) in [5.41, 5.74) is 0.646. The van der Waals surface area contributed by atoms with Crippen LogP contribution in [0.4, 0.5) is 5.69 Å². The fraction of sp³-hybridized carbons (Fsp3) is 0.391. The van der Waals surface area contributed by atoms with Crippen molar-refractivity contribution >= 4 is 33.4 Å². The topological polar surface area (TPSA) is 111 Å². The molecule has 1 N–H and O–H groups in total. The number of amides is 2. The fourth-order valence-electron chi connectivity index (χ4n) is 3.08. The van der Waals surface area contributed by atoms with Gasteiger partial charge in [0, 0.05) is 29.7 Å². The van der Waals surface area contributed by atoms with E-state index >= 15 is 0 Å². The molecule has 2 aromatic carbocycles. The Hall–Kier alpha value is -3.14. The number of nitrogens with zero attached hydrogens (tertiary/aromatic N) is 2. The second-order valence-corrected chi connectivity index (χ2v) is 8.27. The van der Waals surface area contributed by atoms with Gasteiger partial charge < -0.3 is 19.7 Å². The van der Waals surface area contributed by atoms with Gasteiger partial charge in [0.05, 0.1) is 12.0 Å². The number of carbonyl (C=O) groups excluding carboxylic acids is 2. The molecule has 1 atom stereocenters. The zero-order chi connectivity index (χ0) is 24.4. The van der Waals surface area contributed by atoms with E-state index in [0.717, 1.165) is 22.9 Å². The van der Waals surface area contributed by atoms with Crippen molar-refractivity contribution in [3.63, 3.8) is 0 Å².